The predicted molar refractivity (Wildman–Crippen MR) is 94.5 cm³/mol. The Morgan fingerprint density at radius 3 is 2.62 bits per heavy atom. The molecule has 6 nitrogen and oxygen atoms in total. The highest BCUT2D eigenvalue weighted by atomic mass is 16.5. The zero-order valence-corrected chi connectivity index (χ0v) is 14.5. The van der Waals surface area contributed by atoms with E-state index in [1.54, 1.807) is 20.3 Å². The van der Waals surface area contributed by atoms with E-state index in [9.17, 15) is 4.79 Å². The van der Waals surface area contributed by atoms with Crippen LogP contribution in [0.3, 0.4) is 0 Å². The average molecular weight is 328 g/mol. The Balaban J connectivity index is 1.80. The number of ether oxygens (including phenoxy) is 1. The molecular weight excluding hydrogens is 304 g/mol. The van der Waals surface area contributed by atoms with Gasteiger partial charge in [0.15, 0.2) is 0 Å². The van der Waals surface area contributed by atoms with Crippen LogP contribution >= 0.6 is 0 Å². The van der Waals surface area contributed by atoms with Crippen molar-refractivity contribution < 1.29 is 9.53 Å². The Bertz CT molecular complexity index is 656. The lowest BCUT2D eigenvalue weighted by atomic mass is 10.1. The second-order valence-electron chi connectivity index (χ2n) is 5.66. The number of nitrogens with one attached hydrogen (secondary N) is 1. The molecule has 6 heteroatoms. The van der Waals surface area contributed by atoms with Gasteiger partial charge >= 0.3 is 0 Å². The van der Waals surface area contributed by atoms with Crippen molar-refractivity contribution in [3.8, 4) is 5.75 Å². The number of carbonyl (C=O) groups is 1. The van der Waals surface area contributed by atoms with Crippen molar-refractivity contribution in [1.29, 1.82) is 0 Å². The molecule has 2 aromatic rings. The van der Waals surface area contributed by atoms with Crippen LogP contribution in [-0.4, -0.2) is 48.0 Å². The highest BCUT2D eigenvalue weighted by Crippen LogP contribution is 2.13. The van der Waals surface area contributed by atoms with Gasteiger partial charge in [0.2, 0.25) is 0 Å². The fourth-order valence-electron chi connectivity index (χ4n) is 2.17. The molecule has 0 aliphatic rings. The molecule has 0 fully saturated rings. The Morgan fingerprint density at radius 2 is 1.96 bits per heavy atom. The highest BCUT2D eigenvalue weighted by molar-refractivity contribution is 5.91. The molecule has 0 bridgehead atoms. The molecule has 1 aromatic carbocycles. The van der Waals surface area contributed by atoms with Gasteiger partial charge in [-0.1, -0.05) is 25.5 Å². The summed E-state index contributed by atoms with van der Waals surface area (Å²) < 4.78 is 5.69. The first kappa shape index (κ1) is 17.7. The number of nitrogens with zero attached hydrogens (tertiary/aromatic N) is 3. The Morgan fingerprint density at radius 1 is 1.21 bits per heavy atom. The maximum atomic E-state index is 11.9. The van der Waals surface area contributed by atoms with Crippen molar-refractivity contribution in [3.05, 3.63) is 47.9 Å². The number of anilines is 1. The maximum absolute atomic E-state index is 11.9. The van der Waals surface area contributed by atoms with Crippen LogP contribution < -0.4 is 10.1 Å². The van der Waals surface area contributed by atoms with E-state index in [0.717, 1.165) is 18.6 Å². The van der Waals surface area contributed by atoms with Crippen molar-refractivity contribution in [1.82, 2.24) is 14.9 Å². The molecule has 1 amide bonds. The fraction of sp³-hybridized carbons (Fsp3) is 0.389. The molecule has 2 rings (SSSR count). The third-order valence-corrected chi connectivity index (χ3v) is 3.40. The number of rotatable bonds is 8. The lowest BCUT2D eigenvalue weighted by Gasteiger charge is -2.11. The van der Waals surface area contributed by atoms with E-state index < -0.39 is 0 Å². The van der Waals surface area contributed by atoms with E-state index in [4.69, 9.17) is 4.74 Å². The van der Waals surface area contributed by atoms with Gasteiger partial charge in [0.25, 0.3) is 5.91 Å². The lowest BCUT2D eigenvalue weighted by Crippen LogP contribution is -2.23. The van der Waals surface area contributed by atoms with Gasteiger partial charge < -0.3 is 15.0 Å². The first-order valence-electron chi connectivity index (χ1n) is 8.09. The molecule has 0 radical (unpaired) electrons. The fourth-order valence-corrected chi connectivity index (χ4v) is 2.17. The van der Waals surface area contributed by atoms with Gasteiger partial charge in [0.05, 0.1) is 18.9 Å². The summed E-state index contributed by atoms with van der Waals surface area (Å²) in [7, 11) is 3.37. The minimum atomic E-state index is -0.172. The molecule has 1 heterocycles. The maximum Gasteiger partial charge on any atom is 0.273 e. The normalized spacial score (nSPS) is 10.3. The van der Waals surface area contributed by atoms with Crippen LogP contribution in [-0.2, 0) is 6.42 Å². The lowest BCUT2D eigenvalue weighted by molar-refractivity contribution is 0.0821. The Kier molecular flexibility index (Phi) is 6.54. The van der Waals surface area contributed by atoms with Crippen LogP contribution in [0.1, 0.15) is 29.4 Å². The van der Waals surface area contributed by atoms with Crippen LogP contribution in [0, 0.1) is 0 Å². The second kappa shape index (κ2) is 8.86. The summed E-state index contributed by atoms with van der Waals surface area (Å²) in [4.78, 5) is 21.6. The van der Waals surface area contributed by atoms with E-state index in [1.165, 1.54) is 16.7 Å². The molecule has 0 saturated carbocycles. The minimum absolute atomic E-state index is 0.172. The predicted octanol–water partition coefficient (Wildman–Crippen LogP) is 2.62. The number of hydrogen-bond donors (Lipinski definition) is 1. The van der Waals surface area contributed by atoms with E-state index >= 15 is 0 Å². The van der Waals surface area contributed by atoms with Crippen LogP contribution in [0.15, 0.2) is 36.7 Å². The van der Waals surface area contributed by atoms with E-state index in [-0.39, 0.29) is 5.91 Å². The molecule has 0 spiro atoms. The first-order chi connectivity index (χ1) is 11.6. The molecule has 24 heavy (non-hydrogen) atoms. The van der Waals surface area contributed by atoms with Crippen LogP contribution in [0.25, 0.3) is 0 Å². The minimum Gasteiger partial charge on any atom is -0.492 e. The summed E-state index contributed by atoms with van der Waals surface area (Å²) in [6, 6.07) is 8.16. The van der Waals surface area contributed by atoms with Crippen LogP contribution in [0.4, 0.5) is 5.82 Å². The molecule has 0 unspecified atom stereocenters. The summed E-state index contributed by atoms with van der Waals surface area (Å²) in [5, 5.41) is 3.11. The molecule has 0 atom stereocenters. The standard InChI is InChI=1S/C18H24N4O2/c1-4-5-14-6-8-15(9-7-14)24-11-10-20-17-13-19-12-16(21-17)18(23)22(2)3/h6-9,12-13H,4-5,10-11H2,1-3H3,(H,20,21). The summed E-state index contributed by atoms with van der Waals surface area (Å²) in [5.41, 5.74) is 1.64. The van der Waals surface area contributed by atoms with Crippen molar-refractivity contribution in [2.75, 3.05) is 32.6 Å². The van der Waals surface area contributed by atoms with Crippen LogP contribution in [0.2, 0.25) is 0 Å². The van der Waals surface area contributed by atoms with Gasteiger partial charge in [-0.25, -0.2) is 4.98 Å². The monoisotopic (exact) mass is 328 g/mol. The Hall–Kier alpha value is -2.63. The third-order valence-electron chi connectivity index (χ3n) is 3.40. The smallest absolute Gasteiger partial charge is 0.273 e. The molecule has 0 saturated heterocycles. The van der Waals surface area contributed by atoms with E-state index in [0.29, 0.717) is 24.7 Å². The third kappa shape index (κ3) is 5.22. The topological polar surface area (TPSA) is 67.3 Å². The molecule has 128 valence electrons. The second-order valence-corrected chi connectivity index (χ2v) is 5.66. The molecule has 1 N–H and O–H groups in total. The zero-order chi connectivity index (χ0) is 17.4. The van der Waals surface area contributed by atoms with E-state index in [1.807, 2.05) is 12.1 Å². The SMILES string of the molecule is CCCc1ccc(OCCNc2cncc(C(=O)N(C)C)n2)cc1. The quantitative estimate of drug-likeness (QED) is 0.755. The van der Waals surface area contributed by atoms with Gasteiger partial charge in [0.1, 0.15) is 23.9 Å². The summed E-state index contributed by atoms with van der Waals surface area (Å²) in [6.07, 6.45) is 5.27. The number of carbonyl (C=O) groups excluding carboxylic acids is 1. The number of amides is 1. The van der Waals surface area contributed by atoms with Gasteiger partial charge in [-0.05, 0) is 24.1 Å². The number of benzene rings is 1. The molecule has 1 aromatic heterocycles. The van der Waals surface area contributed by atoms with Gasteiger partial charge in [-0.15, -0.1) is 0 Å². The van der Waals surface area contributed by atoms with Gasteiger partial charge in [0, 0.05) is 14.1 Å². The number of aromatic nitrogens is 2. The van der Waals surface area contributed by atoms with Gasteiger partial charge in [-0.3, -0.25) is 9.78 Å². The molecule has 0 aliphatic heterocycles. The van der Waals surface area contributed by atoms with E-state index in [2.05, 4.69) is 34.3 Å². The first-order valence-corrected chi connectivity index (χ1v) is 8.09. The Labute approximate surface area is 142 Å². The summed E-state index contributed by atoms with van der Waals surface area (Å²) >= 11 is 0. The average Bonchev–Trinajstić information content (AvgIpc) is 2.60. The van der Waals surface area contributed by atoms with Crippen molar-refractivity contribution in [3.63, 3.8) is 0 Å². The summed E-state index contributed by atoms with van der Waals surface area (Å²) in [6.45, 7) is 3.24. The highest BCUT2D eigenvalue weighted by Gasteiger charge is 2.10. The number of hydrogen-bond acceptors (Lipinski definition) is 5. The van der Waals surface area contributed by atoms with Crippen molar-refractivity contribution >= 4 is 11.7 Å². The number of aryl methyl sites for hydroxylation is 1. The van der Waals surface area contributed by atoms with Crippen molar-refractivity contribution in [2.45, 2.75) is 19.8 Å². The largest absolute Gasteiger partial charge is 0.492 e. The summed E-state index contributed by atoms with van der Waals surface area (Å²) in [5.74, 6) is 1.23. The van der Waals surface area contributed by atoms with Gasteiger partial charge in [-0.2, -0.15) is 0 Å². The molecular formula is C18H24N4O2. The van der Waals surface area contributed by atoms with Crippen LogP contribution in [0.5, 0.6) is 5.75 Å². The van der Waals surface area contributed by atoms with Crippen molar-refractivity contribution in [2.24, 2.45) is 0 Å². The zero-order valence-electron chi connectivity index (χ0n) is 14.5. The molecule has 0 aliphatic carbocycles.